The van der Waals surface area contributed by atoms with Crippen molar-refractivity contribution in [2.45, 2.75) is 20.4 Å². The molecule has 1 N–H and O–H groups in total. The third-order valence-electron chi connectivity index (χ3n) is 2.44. The largest absolute Gasteiger partial charge is 0.493 e. The van der Waals surface area contributed by atoms with Crippen LogP contribution in [0.4, 0.5) is 4.39 Å². The van der Waals surface area contributed by atoms with Crippen LogP contribution in [0.5, 0.6) is 11.5 Å². The van der Waals surface area contributed by atoms with Gasteiger partial charge in [-0.2, -0.15) is 0 Å². The van der Waals surface area contributed by atoms with Gasteiger partial charge in [0.05, 0.1) is 7.11 Å². The lowest BCUT2D eigenvalue weighted by molar-refractivity contribution is 0.260. The highest BCUT2D eigenvalue weighted by Crippen LogP contribution is 2.28. The second-order valence-electron chi connectivity index (χ2n) is 4.55. The molecule has 0 radical (unpaired) electrons. The third-order valence-corrected chi connectivity index (χ3v) is 2.44. The molecular formula is C14H22FNO2. The van der Waals surface area contributed by atoms with E-state index in [0.29, 0.717) is 17.4 Å². The zero-order valence-electron chi connectivity index (χ0n) is 11.3. The third kappa shape index (κ3) is 4.92. The fraction of sp³-hybridized carbons (Fsp3) is 0.571. The minimum absolute atomic E-state index is 0.0548. The Bertz CT molecular complexity index is 356. The van der Waals surface area contributed by atoms with Crippen LogP contribution in [-0.2, 0) is 6.54 Å². The number of hydrogen-bond acceptors (Lipinski definition) is 3. The summed E-state index contributed by atoms with van der Waals surface area (Å²) in [5, 5.41) is 3.35. The Kier molecular flexibility index (Phi) is 6.50. The lowest BCUT2D eigenvalue weighted by Crippen LogP contribution is -2.19. The van der Waals surface area contributed by atoms with E-state index in [1.807, 2.05) is 18.2 Å². The fourth-order valence-corrected chi connectivity index (χ4v) is 1.60. The summed E-state index contributed by atoms with van der Waals surface area (Å²) in [6.07, 6.45) is 0. The maximum atomic E-state index is 12.1. The van der Waals surface area contributed by atoms with Crippen LogP contribution < -0.4 is 14.8 Å². The Morgan fingerprint density at radius 1 is 1.28 bits per heavy atom. The van der Waals surface area contributed by atoms with Gasteiger partial charge in [0.1, 0.15) is 13.3 Å². The van der Waals surface area contributed by atoms with Crippen LogP contribution in [0.2, 0.25) is 0 Å². The standard InChI is InChI=1S/C14H22FNO2/c1-11(2)9-16-10-12-4-5-13(17-3)14(8-12)18-7-6-15/h4-5,8,11,16H,6-7,9-10H2,1-3H3. The van der Waals surface area contributed by atoms with Gasteiger partial charge < -0.3 is 14.8 Å². The molecule has 0 aromatic heterocycles. The average Bonchev–Trinajstić information content (AvgIpc) is 2.36. The van der Waals surface area contributed by atoms with Crippen molar-refractivity contribution in [3.05, 3.63) is 23.8 Å². The summed E-state index contributed by atoms with van der Waals surface area (Å²) in [6, 6.07) is 5.72. The predicted molar refractivity (Wildman–Crippen MR) is 71.0 cm³/mol. The second-order valence-corrected chi connectivity index (χ2v) is 4.55. The number of halogens is 1. The Morgan fingerprint density at radius 2 is 2.06 bits per heavy atom. The minimum Gasteiger partial charge on any atom is -0.493 e. The Balaban J connectivity index is 2.63. The maximum absolute atomic E-state index is 12.1. The van der Waals surface area contributed by atoms with E-state index in [0.717, 1.165) is 18.7 Å². The molecule has 1 rings (SSSR count). The summed E-state index contributed by atoms with van der Waals surface area (Å²) in [5.41, 5.74) is 1.10. The number of hydrogen-bond donors (Lipinski definition) is 1. The van der Waals surface area contributed by atoms with Crippen LogP contribution in [0.25, 0.3) is 0 Å². The van der Waals surface area contributed by atoms with E-state index in [1.165, 1.54) is 0 Å². The quantitative estimate of drug-likeness (QED) is 0.775. The molecule has 0 saturated carbocycles. The first kappa shape index (κ1) is 14.8. The smallest absolute Gasteiger partial charge is 0.161 e. The van der Waals surface area contributed by atoms with E-state index in [4.69, 9.17) is 9.47 Å². The highest BCUT2D eigenvalue weighted by atomic mass is 19.1. The SMILES string of the molecule is COc1ccc(CNCC(C)C)cc1OCCF. The number of rotatable bonds is 8. The van der Waals surface area contributed by atoms with E-state index < -0.39 is 6.67 Å². The second kappa shape index (κ2) is 7.93. The van der Waals surface area contributed by atoms with Crippen LogP contribution in [0.1, 0.15) is 19.4 Å². The fourth-order valence-electron chi connectivity index (χ4n) is 1.60. The van der Waals surface area contributed by atoms with Gasteiger partial charge in [0, 0.05) is 6.54 Å². The first-order valence-corrected chi connectivity index (χ1v) is 6.23. The molecule has 0 spiro atoms. The van der Waals surface area contributed by atoms with Crippen LogP contribution in [-0.4, -0.2) is 26.9 Å². The van der Waals surface area contributed by atoms with Gasteiger partial charge in [-0.25, -0.2) is 4.39 Å². The molecule has 0 saturated heterocycles. The van der Waals surface area contributed by atoms with Gasteiger partial charge in [-0.05, 0) is 30.2 Å². The molecule has 0 aliphatic carbocycles. The minimum atomic E-state index is -0.501. The average molecular weight is 255 g/mol. The summed E-state index contributed by atoms with van der Waals surface area (Å²) >= 11 is 0. The molecular weight excluding hydrogens is 233 g/mol. The first-order valence-electron chi connectivity index (χ1n) is 6.23. The Labute approximate surface area is 108 Å². The van der Waals surface area contributed by atoms with E-state index in [1.54, 1.807) is 7.11 Å². The zero-order valence-corrected chi connectivity index (χ0v) is 11.3. The van der Waals surface area contributed by atoms with Crippen molar-refractivity contribution < 1.29 is 13.9 Å². The van der Waals surface area contributed by atoms with Crippen LogP contribution >= 0.6 is 0 Å². The molecule has 0 aliphatic heterocycles. The molecule has 18 heavy (non-hydrogen) atoms. The molecule has 0 unspecified atom stereocenters. The van der Waals surface area contributed by atoms with Gasteiger partial charge in [0.2, 0.25) is 0 Å². The first-order chi connectivity index (χ1) is 8.67. The molecule has 3 nitrogen and oxygen atoms in total. The van der Waals surface area contributed by atoms with Crippen molar-refractivity contribution in [1.29, 1.82) is 0 Å². The van der Waals surface area contributed by atoms with Crippen molar-refractivity contribution in [3.8, 4) is 11.5 Å². The number of alkyl halides is 1. The summed E-state index contributed by atoms with van der Waals surface area (Å²) in [4.78, 5) is 0. The van der Waals surface area contributed by atoms with Gasteiger partial charge in [-0.1, -0.05) is 19.9 Å². The summed E-state index contributed by atoms with van der Waals surface area (Å²) in [6.45, 7) is 5.62. The van der Waals surface area contributed by atoms with E-state index >= 15 is 0 Å². The molecule has 0 atom stereocenters. The highest BCUT2D eigenvalue weighted by molar-refractivity contribution is 5.42. The van der Waals surface area contributed by atoms with Crippen LogP contribution in [0.15, 0.2) is 18.2 Å². The molecule has 102 valence electrons. The lowest BCUT2D eigenvalue weighted by Gasteiger charge is -2.12. The molecule has 1 aromatic carbocycles. The molecule has 0 heterocycles. The highest BCUT2D eigenvalue weighted by Gasteiger charge is 2.06. The van der Waals surface area contributed by atoms with Crippen molar-refractivity contribution in [1.82, 2.24) is 5.32 Å². The maximum Gasteiger partial charge on any atom is 0.161 e. The predicted octanol–water partition coefficient (Wildman–Crippen LogP) is 2.79. The van der Waals surface area contributed by atoms with E-state index in [9.17, 15) is 4.39 Å². The summed E-state index contributed by atoms with van der Waals surface area (Å²) in [7, 11) is 1.58. The van der Waals surface area contributed by atoms with E-state index in [-0.39, 0.29) is 6.61 Å². The lowest BCUT2D eigenvalue weighted by atomic mass is 10.2. The molecule has 1 aromatic rings. The monoisotopic (exact) mass is 255 g/mol. The van der Waals surface area contributed by atoms with Gasteiger partial charge in [0.25, 0.3) is 0 Å². The number of nitrogens with one attached hydrogen (secondary N) is 1. The van der Waals surface area contributed by atoms with Gasteiger partial charge in [-0.3, -0.25) is 0 Å². The van der Waals surface area contributed by atoms with Crippen LogP contribution in [0.3, 0.4) is 0 Å². The molecule has 0 amide bonds. The van der Waals surface area contributed by atoms with Crippen molar-refractivity contribution in [2.75, 3.05) is 26.9 Å². The summed E-state index contributed by atoms with van der Waals surface area (Å²) < 4.78 is 22.6. The number of benzene rings is 1. The molecule has 0 bridgehead atoms. The Hall–Kier alpha value is -1.29. The molecule has 0 fully saturated rings. The van der Waals surface area contributed by atoms with Crippen molar-refractivity contribution in [2.24, 2.45) is 5.92 Å². The van der Waals surface area contributed by atoms with E-state index in [2.05, 4.69) is 19.2 Å². The topological polar surface area (TPSA) is 30.5 Å². The van der Waals surface area contributed by atoms with Gasteiger partial charge in [-0.15, -0.1) is 0 Å². The van der Waals surface area contributed by atoms with Crippen molar-refractivity contribution in [3.63, 3.8) is 0 Å². The normalized spacial score (nSPS) is 10.7. The van der Waals surface area contributed by atoms with Crippen LogP contribution in [0, 0.1) is 5.92 Å². The number of ether oxygens (including phenoxy) is 2. The van der Waals surface area contributed by atoms with Gasteiger partial charge >= 0.3 is 0 Å². The molecule has 0 aliphatic rings. The van der Waals surface area contributed by atoms with Gasteiger partial charge in [0.15, 0.2) is 11.5 Å². The number of methoxy groups -OCH3 is 1. The Morgan fingerprint density at radius 3 is 2.67 bits per heavy atom. The zero-order chi connectivity index (χ0) is 13.4. The molecule has 4 heteroatoms. The van der Waals surface area contributed by atoms with Crippen molar-refractivity contribution >= 4 is 0 Å². The summed E-state index contributed by atoms with van der Waals surface area (Å²) in [5.74, 6) is 1.85.